The maximum atomic E-state index is 5.50. The van der Waals surface area contributed by atoms with Crippen molar-refractivity contribution < 1.29 is 0 Å². The Morgan fingerprint density at radius 3 is 1.83 bits per heavy atom. The Balaban J connectivity index is 2.06. The van der Waals surface area contributed by atoms with Gasteiger partial charge in [-0.25, -0.2) is 0 Å². The van der Waals surface area contributed by atoms with Crippen molar-refractivity contribution in [3.05, 3.63) is 58.6 Å². The van der Waals surface area contributed by atoms with E-state index in [1.165, 1.54) is 5.56 Å². The molecule has 0 aliphatic rings. The quantitative estimate of drug-likeness (QED) is 0.838. The van der Waals surface area contributed by atoms with Crippen LogP contribution >= 0.6 is 15.9 Å². The van der Waals surface area contributed by atoms with E-state index in [2.05, 4.69) is 26.2 Å². The molecule has 0 aliphatic heterocycles. The number of halogens is 1. The fourth-order valence-electron chi connectivity index (χ4n) is 1.52. The van der Waals surface area contributed by atoms with Gasteiger partial charge in [0, 0.05) is 4.47 Å². The van der Waals surface area contributed by atoms with Gasteiger partial charge in [0.1, 0.15) is 0 Å². The molecule has 0 bridgehead atoms. The Labute approximate surface area is 115 Å². The molecule has 0 aromatic heterocycles. The predicted molar refractivity (Wildman–Crippen MR) is 77.5 cm³/mol. The maximum absolute atomic E-state index is 5.50. The number of benzene rings is 2. The SMILES string of the molecule is NCCc1ccc(N=Nc2ccc(Br)cc2)cc1. The number of azo groups is 1. The summed E-state index contributed by atoms with van der Waals surface area (Å²) < 4.78 is 1.03. The summed E-state index contributed by atoms with van der Waals surface area (Å²) in [6.45, 7) is 0.666. The molecule has 0 radical (unpaired) electrons. The highest BCUT2D eigenvalue weighted by Gasteiger charge is 1.93. The molecule has 18 heavy (non-hydrogen) atoms. The van der Waals surface area contributed by atoms with Crippen LogP contribution in [0.25, 0.3) is 0 Å². The van der Waals surface area contributed by atoms with E-state index in [1.54, 1.807) is 0 Å². The van der Waals surface area contributed by atoms with Crippen molar-refractivity contribution in [3.63, 3.8) is 0 Å². The highest BCUT2D eigenvalue weighted by atomic mass is 79.9. The molecule has 0 spiro atoms. The van der Waals surface area contributed by atoms with Gasteiger partial charge >= 0.3 is 0 Å². The third-order valence-corrected chi connectivity index (χ3v) is 3.01. The standard InChI is InChI=1S/C14H14BrN3/c15-12-3-7-14(8-4-12)18-17-13-5-1-11(2-6-13)9-10-16/h1-8H,9-10,16H2. The molecule has 0 aliphatic carbocycles. The second kappa shape index (κ2) is 6.42. The van der Waals surface area contributed by atoms with Gasteiger partial charge in [-0.2, -0.15) is 10.2 Å². The van der Waals surface area contributed by atoms with Crippen LogP contribution in [-0.4, -0.2) is 6.54 Å². The average Bonchev–Trinajstić information content (AvgIpc) is 2.40. The van der Waals surface area contributed by atoms with Crippen molar-refractivity contribution in [2.75, 3.05) is 6.54 Å². The van der Waals surface area contributed by atoms with Crippen molar-refractivity contribution in [3.8, 4) is 0 Å². The molecule has 0 atom stereocenters. The van der Waals surface area contributed by atoms with Crippen LogP contribution in [-0.2, 0) is 6.42 Å². The van der Waals surface area contributed by atoms with Crippen LogP contribution in [0.4, 0.5) is 11.4 Å². The molecule has 2 aromatic rings. The minimum atomic E-state index is 0.666. The maximum Gasteiger partial charge on any atom is 0.0857 e. The first-order chi connectivity index (χ1) is 8.78. The van der Waals surface area contributed by atoms with Gasteiger partial charge in [0.25, 0.3) is 0 Å². The minimum Gasteiger partial charge on any atom is -0.330 e. The molecule has 0 saturated heterocycles. The van der Waals surface area contributed by atoms with Gasteiger partial charge in [-0.1, -0.05) is 28.1 Å². The Morgan fingerprint density at radius 1 is 0.833 bits per heavy atom. The summed E-state index contributed by atoms with van der Waals surface area (Å²) in [5, 5.41) is 8.36. The van der Waals surface area contributed by atoms with Crippen molar-refractivity contribution in [2.45, 2.75) is 6.42 Å². The van der Waals surface area contributed by atoms with Crippen LogP contribution in [0, 0.1) is 0 Å². The lowest BCUT2D eigenvalue weighted by molar-refractivity contribution is 0.968. The summed E-state index contributed by atoms with van der Waals surface area (Å²) >= 11 is 3.38. The molecule has 0 unspecified atom stereocenters. The summed E-state index contributed by atoms with van der Waals surface area (Å²) in [6.07, 6.45) is 0.893. The molecule has 0 heterocycles. The van der Waals surface area contributed by atoms with Crippen LogP contribution < -0.4 is 5.73 Å². The molecule has 2 rings (SSSR count). The summed E-state index contributed by atoms with van der Waals surface area (Å²) in [5.74, 6) is 0. The van der Waals surface area contributed by atoms with E-state index in [4.69, 9.17) is 5.73 Å². The third kappa shape index (κ3) is 3.75. The number of nitrogens with two attached hydrogens (primary N) is 1. The Kier molecular flexibility index (Phi) is 4.61. The zero-order valence-electron chi connectivity index (χ0n) is 9.88. The van der Waals surface area contributed by atoms with Crippen molar-refractivity contribution in [1.29, 1.82) is 0 Å². The molecular weight excluding hydrogens is 290 g/mol. The lowest BCUT2D eigenvalue weighted by atomic mass is 10.1. The highest BCUT2D eigenvalue weighted by Crippen LogP contribution is 2.20. The molecule has 2 N–H and O–H groups in total. The fourth-order valence-corrected chi connectivity index (χ4v) is 1.78. The van der Waals surface area contributed by atoms with E-state index in [0.717, 1.165) is 22.3 Å². The van der Waals surface area contributed by atoms with Crippen LogP contribution in [0.15, 0.2) is 63.2 Å². The first kappa shape index (κ1) is 12.9. The van der Waals surface area contributed by atoms with Gasteiger partial charge in [0.15, 0.2) is 0 Å². The molecule has 92 valence electrons. The molecule has 2 aromatic carbocycles. The van der Waals surface area contributed by atoms with Gasteiger partial charge in [-0.15, -0.1) is 0 Å². The summed E-state index contributed by atoms with van der Waals surface area (Å²) in [4.78, 5) is 0. The van der Waals surface area contributed by atoms with Gasteiger partial charge in [0.2, 0.25) is 0 Å². The Morgan fingerprint density at radius 2 is 1.33 bits per heavy atom. The number of nitrogens with zero attached hydrogens (tertiary/aromatic N) is 2. The first-order valence-corrected chi connectivity index (χ1v) is 6.53. The third-order valence-electron chi connectivity index (χ3n) is 2.48. The van der Waals surface area contributed by atoms with Crippen LogP contribution in [0.1, 0.15) is 5.56 Å². The second-order valence-corrected chi connectivity index (χ2v) is 4.80. The smallest absolute Gasteiger partial charge is 0.0857 e. The Bertz CT molecular complexity index is 518. The number of hydrogen-bond acceptors (Lipinski definition) is 3. The first-order valence-electron chi connectivity index (χ1n) is 5.74. The van der Waals surface area contributed by atoms with Crippen molar-refractivity contribution in [1.82, 2.24) is 0 Å². The number of rotatable bonds is 4. The van der Waals surface area contributed by atoms with E-state index in [1.807, 2.05) is 48.5 Å². The van der Waals surface area contributed by atoms with Gasteiger partial charge < -0.3 is 5.73 Å². The minimum absolute atomic E-state index is 0.666. The predicted octanol–water partition coefficient (Wildman–Crippen LogP) is 4.37. The van der Waals surface area contributed by atoms with Crippen LogP contribution in [0.3, 0.4) is 0 Å². The Hall–Kier alpha value is -1.52. The van der Waals surface area contributed by atoms with Crippen molar-refractivity contribution >= 4 is 27.3 Å². The van der Waals surface area contributed by atoms with Gasteiger partial charge in [-0.3, -0.25) is 0 Å². The lowest BCUT2D eigenvalue weighted by Gasteiger charge is -1.98. The molecular formula is C14H14BrN3. The second-order valence-electron chi connectivity index (χ2n) is 3.88. The topological polar surface area (TPSA) is 50.7 Å². The lowest BCUT2D eigenvalue weighted by Crippen LogP contribution is -2.01. The largest absolute Gasteiger partial charge is 0.330 e. The van der Waals surface area contributed by atoms with E-state index in [-0.39, 0.29) is 0 Å². The molecule has 4 heteroatoms. The van der Waals surface area contributed by atoms with Gasteiger partial charge in [-0.05, 0) is 54.9 Å². The molecule has 0 amide bonds. The monoisotopic (exact) mass is 303 g/mol. The van der Waals surface area contributed by atoms with Gasteiger partial charge in [0.05, 0.1) is 11.4 Å². The fraction of sp³-hybridized carbons (Fsp3) is 0.143. The van der Waals surface area contributed by atoms with E-state index in [0.29, 0.717) is 6.54 Å². The van der Waals surface area contributed by atoms with E-state index >= 15 is 0 Å². The van der Waals surface area contributed by atoms with Crippen LogP contribution in [0.5, 0.6) is 0 Å². The molecule has 0 fully saturated rings. The molecule has 3 nitrogen and oxygen atoms in total. The summed E-state index contributed by atoms with van der Waals surface area (Å²) in [5.41, 5.74) is 8.41. The van der Waals surface area contributed by atoms with Crippen molar-refractivity contribution in [2.24, 2.45) is 16.0 Å². The normalized spacial score (nSPS) is 11.0. The zero-order chi connectivity index (χ0) is 12.8. The highest BCUT2D eigenvalue weighted by molar-refractivity contribution is 9.10. The summed E-state index contributed by atoms with van der Waals surface area (Å²) in [7, 11) is 0. The average molecular weight is 304 g/mol. The van der Waals surface area contributed by atoms with Crippen LogP contribution in [0.2, 0.25) is 0 Å². The van der Waals surface area contributed by atoms with E-state index < -0.39 is 0 Å². The zero-order valence-corrected chi connectivity index (χ0v) is 11.5. The van der Waals surface area contributed by atoms with E-state index in [9.17, 15) is 0 Å². The number of hydrogen-bond donors (Lipinski definition) is 1. The summed E-state index contributed by atoms with van der Waals surface area (Å²) in [6, 6.07) is 15.7. The molecule has 0 saturated carbocycles.